The molecule has 2 N–H and O–H groups in total. The molecule has 0 bridgehead atoms. The van der Waals surface area contributed by atoms with Crippen molar-refractivity contribution in [1.29, 1.82) is 0 Å². The first-order chi connectivity index (χ1) is 8.08. The van der Waals surface area contributed by atoms with Gasteiger partial charge in [0.05, 0.1) is 12.0 Å². The quantitative estimate of drug-likeness (QED) is 0.843. The molecular weight excluding hydrogens is 214 g/mol. The highest BCUT2D eigenvalue weighted by atomic mass is 16.3. The summed E-state index contributed by atoms with van der Waals surface area (Å²) in [6, 6.07) is 3.95. The van der Waals surface area contributed by atoms with Crippen LogP contribution in [-0.2, 0) is 11.2 Å². The third-order valence-corrected chi connectivity index (χ3v) is 3.48. The Morgan fingerprint density at radius 3 is 2.65 bits per heavy atom. The number of nitrogens with one attached hydrogen (secondary N) is 1. The van der Waals surface area contributed by atoms with Gasteiger partial charge in [-0.05, 0) is 36.5 Å². The summed E-state index contributed by atoms with van der Waals surface area (Å²) in [6.07, 6.45) is 1.17. The lowest BCUT2D eigenvalue weighted by Crippen LogP contribution is -2.10. The van der Waals surface area contributed by atoms with Crippen LogP contribution in [0.25, 0.3) is 0 Å². The fourth-order valence-corrected chi connectivity index (χ4v) is 2.46. The Kier molecular flexibility index (Phi) is 3.20. The van der Waals surface area contributed by atoms with Gasteiger partial charge in [-0.25, -0.2) is 0 Å². The zero-order valence-electron chi connectivity index (χ0n) is 10.6. The lowest BCUT2D eigenvalue weighted by molar-refractivity contribution is -0.117. The van der Waals surface area contributed by atoms with Gasteiger partial charge in [-0.15, -0.1) is 0 Å². The molecule has 1 aromatic carbocycles. The molecule has 0 spiro atoms. The number of aryl methyl sites for hydroxylation is 1. The van der Waals surface area contributed by atoms with Crippen molar-refractivity contribution in [1.82, 2.24) is 0 Å². The van der Waals surface area contributed by atoms with E-state index in [4.69, 9.17) is 0 Å². The van der Waals surface area contributed by atoms with E-state index < -0.39 is 6.10 Å². The second kappa shape index (κ2) is 4.49. The summed E-state index contributed by atoms with van der Waals surface area (Å²) in [5, 5.41) is 12.7. The fourth-order valence-electron chi connectivity index (χ4n) is 2.46. The first-order valence-electron chi connectivity index (χ1n) is 6.24. The number of hydrogen-bond donors (Lipinski definition) is 2. The maximum Gasteiger partial charge on any atom is 0.232 e. The van der Waals surface area contributed by atoms with E-state index in [-0.39, 0.29) is 11.8 Å². The minimum absolute atomic E-state index is 0.0611. The summed E-state index contributed by atoms with van der Waals surface area (Å²) in [4.78, 5) is 11.8. The number of aliphatic hydroxyl groups is 1. The van der Waals surface area contributed by atoms with E-state index in [2.05, 4.69) is 12.2 Å². The molecule has 0 aromatic heterocycles. The number of fused-ring (bicyclic) bond motifs is 1. The van der Waals surface area contributed by atoms with E-state index >= 15 is 0 Å². The van der Waals surface area contributed by atoms with E-state index in [0.29, 0.717) is 0 Å². The Labute approximate surface area is 102 Å². The minimum atomic E-state index is -0.487. The molecule has 0 saturated heterocycles. The Bertz CT molecular complexity index is 452. The summed E-state index contributed by atoms with van der Waals surface area (Å²) >= 11 is 0. The first kappa shape index (κ1) is 12.1. The number of carbonyl (C=O) groups is 1. The van der Waals surface area contributed by atoms with E-state index in [0.717, 1.165) is 35.2 Å². The van der Waals surface area contributed by atoms with Crippen LogP contribution >= 0.6 is 0 Å². The predicted molar refractivity (Wildman–Crippen MR) is 68.1 cm³/mol. The highest BCUT2D eigenvalue weighted by Crippen LogP contribution is 2.39. The molecular formula is C14H19NO2. The Balaban J connectivity index is 2.57. The first-order valence-corrected chi connectivity index (χ1v) is 6.24. The smallest absolute Gasteiger partial charge is 0.232 e. The van der Waals surface area contributed by atoms with Crippen molar-refractivity contribution in [2.75, 3.05) is 5.32 Å². The highest BCUT2D eigenvalue weighted by Gasteiger charge is 2.31. The van der Waals surface area contributed by atoms with E-state index in [1.54, 1.807) is 6.92 Å². The topological polar surface area (TPSA) is 49.3 Å². The molecule has 2 rings (SSSR count). The van der Waals surface area contributed by atoms with Crippen molar-refractivity contribution >= 4 is 11.6 Å². The van der Waals surface area contributed by atoms with Gasteiger partial charge >= 0.3 is 0 Å². The van der Waals surface area contributed by atoms with Gasteiger partial charge < -0.3 is 10.4 Å². The second-order valence-corrected chi connectivity index (χ2v) is 4.62. The summed E-state index contributed by atoms with van der Waals surface area (Å²) in [7, 11) is 0. The molecule has 17 heavy (non-hydrogen) atoms. The van der Waals surface area contributed by atoms with Gasteiger partial charge in [0.1, 0.15) is 0 Å². The highest BCUT2D eigenvalue weighted by molar-refractivity contribution is 6.03. The number of hydrogen-bond acceptors (Lipinski definition) is 2. The van der Waals surface area contributed by atoms with Gasteiger partial charge in [0.15, 0.2) is 0 Å². The maximum absolute atomic E-state index is 11.8. The predicted octanol–water partition coefficient (Wildman–Crippen LogP) is 2.75. The van der Waals surface area contributed by atoms with Crippen LogP contribution < -0.4 is 5.32 Å². The van der Waals surface area contributed by atoms with Gasteiger partial charge in [0.25, 0.3) is 0 Å². The van der Waals surface area contributed by atoms with Crippen LogP contribution in [0.5, 0.6) is 0 Å². The Morgan fingerprint density at radius 2 is 2.12 bits per heavy atom. The van der Waals surface area contributed by atoms with Gasteiger partial charge in [-0.1, -0.05) is 26.0 Å². The fraction of sp³-hybridized carbons (Fsp3) is 0.500. The van der Waals surface area contributed by atoms with Crippen LogP contribution in [-0.4, -0.2) is 11.0 Å². The van der Waals surface area contributed by atoms with Crippen LogP contribution in [0.3, 0.4) is 0 Å². The van der Waals surface area contributed by atoms with E-state index in [1.807, 2.05) is 19.1 Å². The molecule has 0 radical (unpaired) electrons. The molecule has 1 aliphatic heterocycles. The lowest BCUT2D eigenvalue weighted by Gasteiger charge is -2.13. The largest absolute Gasteiger partial charge is 0.389 e. The number of aliphatic hydroxyl groups excluding tert-OH is 1. The standard InChI is InChI=1S/C14H19NO2/c1-4-9-6-10(8(3)16)7-12-11(5-2)14(17)15-13(9)12/h6-8,11,16H,4-5H2,1-3H3,(H,15,17). The molecule has 1 amide bonds. The monoisotopic (exact) mass is 233 g/mol. The van der Waals surface area contributed by atoms with Crippen LogP contribution in [0.2, 0.25) is 0 Å². The van der Waals surface area contributed by atoms with Gasteiger partial charge in [0.2, 0.25) is 5.91 Å². The summed E-state index contributed by atoms with van der Waals surface area (Å²) in [6.45, 7) is 5.83. The summed E-state index contributed by atoms with van der Waals surface area (Å²) in [5.41, 5.74) is 4.03. The van der Waals surface area contributed by atoms with Gasteiger partial charge in [0, 0.05) is 5.69 Å². The number of rotatable bonds is 3. The molecule has 0 saturated carbocycles. The second-order valence-electron chi connectivity index (χ2n) is 4.62. The Hall–Kier alpha value is -1.35. The molecule has 1 heterocycles. The lowest BCUT2D eigenvalue weighted by atomic mass is 9.92. The van der Waals surface area contributed by atoms with Crippen LogP contribution in [0.15, 0.2) is 12.1 Å². The van der Waals surface area contributed by atoms with Crippen LogP contribution in [0.1, 0.15) is 55.9 Å². The molecule has 0 aliphatic carbocycles. The van der Waals surface area contributed by atoms with E-state index in [1.165, 1.54) is 0 Å². The van der Waals surface area contributed by atoms with Gasteiger partial charge in [-0.3, -0.25) is 4.79 Å². The van der Waals surface area contributed by atoms with Crippen molar-refractivity contribution in [3.05, 3.63) is 28.8 Å². The van der Waals surface area contributed by atoms with Crippen molar-refractivity contribution in [3.8, 4) is 0 Å². The molecule has 2 atom stereocenters. The summed E-state index contributed by atoms with van der Waals surface area (Å²) in [5.74, 6) is 0.0222. The van der Waals surface area contributed by atoms with Crippen LogP contribution in [0.4, 0.5) is 5.69 Å². The zero-order valence-corrected chi connectivity index (χ0v) is 10.6. The molecule has 1 aromatic rings. The average molecular weight is 233 g/mol. The van der Waals surface area contributed by atoms with Gasteiger partial charge in [-0.2, -0.15) is 0 Å². The number of benzene rings is 1. The molecule has 3 heteroatoms. The summed E-state index contributed by atoms with van der Waals surface area (Å²) < 4.78 is 0. The minimum Gasteiger partial charge on any atom is -0.389 e. The number of anilines is 1. The van der Waals surface area contributed by atoms with Crippen LogP contribution in [0, 0.1) is 0 Å². The molecule has 2 unspecified atom stereocenters. The molecule has 3 nitrogen and oxygen atoms in total. The molecule has 92 valence electrons. The van der Waals surface area contributed by atoms with Crippen molar-refractivity contribution in [3.63, 3.8) is 0 Å². The van der Waals surface area contributed by atoms with Crippen molar-refractivity contribution < 1.29 is 9.90 Å². The third kappa shape index (κ3) is 1.95. The van der Waals surface area contributed by atoms with Crippen molar-refractivity contribution in [2.45, 2.75) is 45.6 Å². The normalized spacial score (nSPS) is 20.0. The molecule has 0 fully saturated rings. The van der Waals surface area contributed by atoms with Crippen molar-refractivity contribution in [2.24, 2.45) is 0 Å². The third-order valence-electron chi connectivity index (χ3n) is 3.48. The zero-order chi connectivity index (χ0) is 12.6. The Morgan fingerprint density at radius 1 is 1.41 bits per heavy atom. The number of amides is 1. The molecule has 1 aliphatic rings. The number of carbonyl (C=O) groups excluding carboxylic acids is 1. The maximum atomic E-state index is 11.8. The van der Waals surface area contributed by atoms with E-state index in [9.17, 15) is 9.90 Å². The SMILES string of the molecule is CCc1cc(C(C)O)cc2c1NC(=O)C2CC. The average Bonchev–Trinajstić information content (AvgIpc) is 2.62.